The van der Waals surface area contributed by atoms with Gasteiger partial charge in [0.15, 0.2) is 11.6 Å². The van der Waals surface area contributed by atoms with E-state index in [1.165, 1.54) is 23.9 Å². The number of benzene rings is 1. The molecule has 1 aromatic carbocycles. The number of ether oxygens (including phenoxy) is 1. The van der Waals surface area contributed by atoms with Crippen molar-refractivity contribution in [3.63, 3.8) is 0 Å². The van der Waals surface area contributed by atoms with Crippen molar-refractivity contribution in [3.05, 3.63) is 92.0 Å². The molecule has 0 saturated carbocycles. The van der Waals surface area contributed by atoms with Crippen LogP contribution in [0.1, 0.15) is 27.9 Å². The van der Waals surface area contributed by atoms with Crippen LogP contribution < -0.4 is 15.6 Å². The summed E-state index contributed by atoms with van der Waals surface area (Å²) in [4.78, 5) is 29.8. The van der Waals surface area contributed by atoms with Gasteiger partial charge in [-0.3, -0.25) is 14.2 Å². The molecule has 170 valence electrons. The van der Waals surface area contributed by atoms with Crippen LogP contribution in [-0.2, 0) is 24.2 Å². The zero-order chi connectivity index (χ0) is 23.7. The monoisotopic (exact) mass is 453 g/mol. The fraction of sp³-hybridized carbons (Fsp3) is 0.208. The summed E-state index contributed by atoms with van der Waals surface area (Å²) in [7, 11) is 1.50. The number of amides is 1. The standard InChI is InChI=1S/C24H21F2N3O4/c1-13-20-10-16(23(31)28-11-15-5-6-27-21(9-15)33-2)12-29(20)24(32)17(22(13)30)7-14-3-4-18(25)19(26)8-14/h3-6,8-9,12,30H,7,10-11H2,1-2H3,(H,28,31). The maximum Gasteiger partial charge on any atom is 0.262 e. The first-order chi connectivity index (χ1) is 15.8. The Morgan fingerprint density at radius 3 is 2.73 bits per heavy atom. The van der Waals surface area contributed by atoms with Crippen LogP contribution in [0.25, 0.3) is 6.20 Å². The number of hydrogen-bond acceptors (Lipinski definition) is 5. The van der Waals surface area contributed by atoms with E-state index < -0.39 is 17.2 Å². The molecular formula is C24H21F2N3O4. The lowest BCUT2D eigenvalue weighted by Gasteiger charge is -2.13. The molecule has 0 atom stereocenters. The molecular weight excluding hydrogens is 432 g/mol. The van der Waals surface area contributed by atoms with Crippen molar-refractivity contribution in [1.82, 2.24) is 14.9 Å². The number of hydrogen-bond donors (Lipinski definition) is 2. The number of aromatic nitrogens is 2. The largest absolute Gasteiger partial charge is 0.507 e. The first kappa shape index (κ1) is 22.2. The molecule has 33 heavy (non-hydrogen) atoms. The predicted octanol–water partition coefficient (Wildman–Crippen LogP) is 2.85. The van der Waals surface area contributed by atoms with Crippen molar-refractivity contribution >= 4 is 12.1 Å². The average Bonchev–Trinajstić information content (AvgIpc) is 3.27. The summed E-state index contributed by atoms with van der Waals surface area (Å²) in [5.74, 6) is -2.16. The zero-order valence-corrected chi connectivity index (χ0v) is 18.0. The molecule has 9 heteroatoms. The second-order valence-corrected chi connectivity index (χ2v) is 7.72. The lowest BCUT2D eigenvalue weighted by Crippen LogP contribution is -2.24. The van der Waals surface area contributed by atoms with E-state index in [4.69, 9.17) is 4.74 Å². The van der Waals surface area contributed by atoms with Crippen molar-refractivity contribution in [2.24, 2.45) is 0 Å². The van der Waals surface area contributed by atoms with Crippen molar-refractivity contribution in [3.8, 4) is 11.6 Å². The second kappa shape index (κ2) is 8.85. The Bertz CT molecular complexity index is 1350. The van der Waals surface area contributed by atoms with E-state index in [0.717, 1.165) is 17.7 Å². The second-order valence-electron chi connectivity index (χ2n) is 7.72. The number of rotatable bonds is 6. The molecule has 1 aliphatic rings. The zero-order valence-electron chi connectivity index (χ0n) is 18.0. The summed E-state index contributed by atoms with van der Waals surface area (Å²) < 4.78 is 33.2. The Kier molecular flexibility index (Phi) is 5.95. The van der Waals surface area contributed by atoms with E-state index in [9.17, 15) is 23.5 Å². The van der Waals surface area contributed by atoms with E-state index in [1.807, 2.05) is 0 Å². The molecule has 0 unspecified atom stereocenters. The van der Waals surface area contributed by atoms with E-state index >= 15 is 0 Å². The summed E-state index contributed by atoms with van der Waals surface area (Å²) in [5, 5.41) is 13.4. The van der Waals surface area contributed by atoms with Gasteiger partial charge in [-0.2, -0.15) is 0 Å². The van der Waals surface area contributed by atoms with Crippen LogP contribution in [0.3, 0.4) is 0 Å². The molecule has 0 aliphatic carbocycles. The molecule has 0 bridgehead atoms. The first-order valence-corrected chi connectivity index (χ1v) is 10.2. The molecule has 4 rings (SSSR count). The van der Waals surface area contributed by atoms with E-state index in [-0.39, 0.29) is 36.6 Å². The highest BCUT2D eigenvalue weighted by Gasteiger charge is 2.26. The SMILES string of the molecule is COc1cc(CNC(=O)C2=Cn3c(c(C)c(O)c(Cc4ccc(F)c(F)c4)c3=O)C2)ccn1. The first-order valence-electron chi connectivity index (χ1n) is 10.2. The van der Waals surface area contributed by atoms with Gasteiger partial charge in [-0.15, -0.1) is 0 Å². The maximum absolute atomic E-state index is 13.6. The summed E-state index contributed by atoms with van der Waals surface area (Å²) in [6.07, 6.45) is 3.11. The number of carbonyl (C=O) groups is 1. The van der Waals surface area contributed by atoms with Crippen LogP contribution in [0.2, 0.25) is 0 Å². The molecule has 7 nitrogen and oxygen atoms in total. The van der Waals surface area contributed by atoms with Crippen molar-refractivity contribution in [2.75, 3.05) is 7.11 Å². The molecule has 0 radical (unpaired) electrons. The summed E-state index contributed by atoms with van der Waals surface area (Å²) in [5.41, 5.74) is 1.98. The van der Waals surface area contributed by atoms with E-state index in [1.54, 1.807) is 25.3 Å². The molecule has 1 amide bonds. The van der Waals surface area contributed by atoms with Crippen LogP contribution in [0, 0.1) is 18.6 Å². The number of nitrogens with one attached hydrogen (secondary N) is 1. The van der Waals surface area contributed by atoms with Gasteiger partial charge >= 0.3 is 0 Å². The number of aromatic hydroxyl groups is 1. The molecule has 0 fully saturated rings. The van der Waals surface area contributed by atoms with Gasteiger partial charge in [0.2, 0.25) is 11.8 Å². The van der Waals surface area contributed by atoms with Gasteiger partial charge in [-0.1, -0.05) is 6.07 Å². The van der Waals surface area contributed by atoms with Crippen LogP contribution in [0.5, 0.6) is 11.6 Å². The highest BCUT2D eigenvalue weighted by molar-refractivity contribution is 5.97. The van der Waals surface area contributed by atoms with Gasteiger partial charge in [0.1, 0.15) is 5.75 Å². The summed E-state index contributed by atoms with van der Waals surface area (Å²) in [6, 6.07) is 6.77. The number of pyridine rings is 2. The maximum atomic E-state index is 13.6. The fourth-order valence-electron chi connectivity index (χ4n) is 3.77. The Hall–Kier alpha value is -4.01. The van der Waals surface area contributed by atoms with Gasteiger partial charge in [0, 0.05) is 54.7 Å². The third kappa shape index (κ3) is 4.34. The molecule has 3 heterocycles. The number of fused-ring (bicyclic) bond motifs is 1. The Morgan fingerprint density at radius 1 is 1.21 bits per heavy atom. The van der Waals surface area contributed by atoms with Gasteiger partial charge in [-0.05, 0) is 36.2 Å². The molecule has 2 aromatic heterocycles. The highest BCUT2D eigenvalue weighted by Crippen LogP contribution is 2.30. The highest BCUT2D eigenvalue weighted by atomic mass is 19.2. The average molecular weight is 453 g/mol. The molecule has 0 saturated heterocycles. The minimum atomic E-state index is -1.03. The van der Waals surface area contributed by atoms with Crippen LogP contribution in [-0.4, -0.2) is 27.7 Å². The number of nitrogens with zero attached hydrogens (tertiary/aromatic N) is 2. The number of halogens is 2. The lowest BCUT2D eigenvalue weighted by molar-refractivity contribution is -0.117. The minimum absolute atomic E-state index is 0.0454. The lowest BCUT2D eigenvalue weighted by atomic mass is 10.0. The molecule has 2 N–H and O–H groups in total. The third-order valence-corrected chi connectivity index (χ3v) is 5.60. The predicted molar refractivity (Wildman–Crippen MR) is 117 cm³/mol. The minimum Gasteiger partial charge on any atom is -0.507 e. The van der Waals surface area contributed by atoms with Crippen molar-refractivity contribution in [1.29, 1.82) is 0 Å². The normalized spacial score (nSPS) is 12.3. The van der Waals surface area contributed by atoms with E-state index in [0.29, 0.717) is 28.3 Å². The van der Waals surface area contributed by atoms with Crippen LogP contribution in [0.4, 0.5) is 8.78 Å². The van der Waals surface area contributed by atoms with Crippen molar-refractivity contribution < 1.29 is 23.4 Å². The Morgan fingerprint density at radius 2 is 2.00 bits per heavy atom. The van der Waals surface area contributed by atoms with E-state index in [2.05, 4.69) is 10.3 Å². The fourth-order valence-corrected chi connectivity index (χ4v) is 3.77. The Balaban J connectivity index is 1.57. The van der Waals surface area contributed by atoms with Crippen LogP contribution in [0.15, 0.2) is 46.9 Å². The van der Waals surface area contributed by atoms with Gasteiger partial charge in [0.25, 0.3) is 5.56 Å². The molecule has 1 aliphatic heterocycles. The van der Waals surface area contributed by atoms with Gasteiger partial charge < -0.3 is 15.2 Å². The smallest absolute Gasteiger partial charge is 0.262 e. The van der Waals surface area contributed by atoms with Crippen LogP contribution >= 0.6 is 0 Å². The third-order valence-electron chi connectivity index (χ3n) is 5.60. The van der Waals surface area contributed by atoms with Crippen molar-refractivity contribution in [2.45, 2.75) is 26.3 Å². The quantitative estimate of drug-likeness (QED) is 0.599. The number of carbonyl (C=O) groups excluding carboxylic acids is 1. The summed E-state index contributed by atoms with van der Waals surface area (Å²) in [6.45, 7) is 1.89. The number of methoxy groups -OCH3 is 1. The van der Waals surface area contributed by atoms with Gasteiger partial charge in [0.05, 0.1) is 12.7 Å². The van der Waals surface area contributed by atoms with Gasteiger partial charge in [-0.25, -0.2) is 13.8 Å². The Labute approximate surface area is 188 Å². The molecule has 3 aromatic rings. The molecule has 0 spiro atoms. The topological polar surface area (TPSA) is 93.5 Å². The summed E-state index contributed by atoms with van der Waals surface area (Å²) >= 11 is 0.